The lowest BCUT2D eigenvalue weighted by molar-refractivity contribution is -0.122. The summed E-state index contributed by atoms with van der Waals surface area (Å²) < 4.78 is 5.74. The van der Waals surface area contributed by atoms with E-state index in [-0.39, 0.29) is 11.9 Å². The van der Waals surface area contributed by atoms with Gasteiger partial charge in [0.05, 0.1) is 12.6 Å². The van der Waals surface area contributed by atoms with Crippen molar-refractivity contribution in [2.75, 3.05) is 24.7 Å². The molecule has 0 bridgehead atoms. The lowest BCUT2D eigenvalue weighted by Crippen LogP contribution is -2.41. The van der Waals surface area contributed by atoms with Crippen molar-refractivity contribution in [3.8, 4) is 5.75 Å². The van der Waals surface area contributed by atoms with Gasteiger partial charge in [-0.3, -0.25) is 4.79 Å². The Labute approximate surface area is 150 Å². The third-order valence-corrected chi connectivity index (χ3v) is 5.28. The Kier molecular flexibility index (Phi) is 7.92. The van der Waals surface area contributed by atoms with Gasteiger partial charge in [-0.25, -0.2) is 0 Å². The van der Waals surface area contributed by atoms with E-state index < -0.39 is 0 Å². The van der Waals surface area contributed by atoms with Crippen LogP contribution in [-0.2, 0) is 4.79 Å². The van der Waals surface area contributed by atoms with E-state index in [1.54, 1.807) is 0 Å². The first-order valence-corrected chi connectivity index (χ1v) is 10.0. The predicted octanol–water partition coefficient (Wildman–Crippen LogP) is 3.38. The highest BCUT2D eigenvalue weighted by Gasteiger charge is 2.18. The summed E-state index contributed by atoms with van der Waals surface area (Å²) in [7, 11) is 0. The molecule has 0 aromatic heterocycles. The van der Waals surface area contributed by atoms with Crippen LogP contribution in [0.1, 0.15) is 45.2 Å². The summed E-state index contributed by atoms with van der Waals surface area (Å²) in [4.78, 5) is 12.2. The zero-order valence-corrected chi connectivity index (χ0v) is 15.8. The van der Waals surface area contributed by atoms with Crippen LogP contribution in [0.4, 0.5) is 0 Å². The molecule has 134 valence electrons. The van der Waals surface area contributed by atoms with Crippen LogP contribution in [0.25, 0.3) is 0 Å². The van der Waals surface area contributed by atoms with Gasteiger partial charge in [-0.1, -0.05) is 26.0 Å². The molecule has 2 unspecified atom stereocenters. The van der Waals surface area contributed by atoms with E-state index in [4.69, 9.17) is 4.74 Å². The molecule has 0 spiro atoms. The van der Waals surface area contributed by atoms with Crippen molar-refractivity contribution in [2.24, 2.45) is 5.92 Å². The molecule has 0 radical (unpaired) electrons. The number of nitrogens with one attached hydrogen (secondary N) is 2. The van der Waals surface area contributed by atoms with Crippen LogP contribution in [0.2, 0.25) is 0 Å². The number of benzene rings is 1. The number of carbonyl (C=O) groups is 1. The van der Waals surface area contributed by atoms with Crippen LogP contribution < -0.4 is 15.4 Å². The number of thioether (sulfide) groups is 1. The van der Waals surface area contributed by atoms with Crippen LogP contribution in [0.5, 0.6) is 5.75 Å². The minimum absolute atomic E-state index is 0.0125. The SMILES string of the molecule is CC(C)CCOc1ccc(C(C)NC(=O)CC2CSCCN2)cc1. The highest BCUT2D eigenvalue weighted by molar-refractivity contribution is 7.99. The average molecular weight is 351 g/mol. The molecule has 1 aliphatic rings. The zero-order chi connectivity index (χ0) is 17.4. The molecule has 1 aliphatic heterocycles. The van der Waals surface area contributed by atoms with Crippen molar-refractivity contribution in [2.45, 2.75) is 45.7 Å². The standard InChI is InChI=1S/C19H30N2O2S/c1-14(2)8-10-23-18-6-4-16(5-7-18)15(3)21-19(22)12-17-13-24-11-9-20-17/h4-7,14-15,17,20H,8-13H2,1-3H3,(H,21,22). The van der Waals surface area contributed by atoms with Gasteiger partial charge < -0.3 is 15.4 Å². The maximum atomic E-state index is 12.2. The van der Waals surface area contributed by atoms with E-state index in [1.165, 1.54) is 0 Å². The van der Waals surface area contributed by atoms with Crippen molar-refractivity contribution >= 4 is 17.7 Å². The minimum Gasteiger partial charge on any atom is -0.494 e. The van der Waals surface area contributed by atoms with Crippen LogP contribution in [0.15, 0.2) is 24.3 Å². The number of hydrogen-bond acceptors (Lipinski definition) is 4. The van der Waals surface area contributed by atoms with Gasteiger partial charge in [0.25, 0.3) is 0 Å². The molecule has 1 fully saturated rings. The second-order valence-electron chi connectivity index (χ2n) is 6.82. The second kappa shape index (κ2) is 9.94. The van der Waals surface area contributed by atoms with E-state index in [2.05, 4.69) is 24.5 Å². The fourth-order valence-electron chi connectivity index (χ4n) is 2.62. The molecule has 4 nitrogen and oxygen atoms in total. The van der Waals surface area contributed by atoms with Crippen LogP contribution in [0.3, 0.4) is 0 Å². The van der Waals surface area contributed by atoms with E-state index >= 15 is 0 Å². The van der Waals surface area contributed by atoms with Gasteiger partial charge in [0.1, 0.15) is 5.75 Å². The van der Waals surface area contributed by atoms with Crippen molar-refractivity contribution in [1.29, 1.82) is 0 Å². The van der Waals surface area contributed by atoms with Crippen LogP contribution in [-0.4, -0.2) is 36.6 Å². The molecule has 5 heteroatoms. The lowest BCUT2D eigenvalue weighted by Gasteiger charge is -2.23. The average Bonchev–Trinajstić information content (AvgIpc) is 2.56. The molecule has 1 heterocycles. The van der Waals surface area contributed by atoms with Gasteiger partial charge >= 0.3 is 0 Å². The third-order valence-electron chi connectivity index (χ3n) is 4.15. The van der Waals surface area contributed by atoms with E-state index in [9.17, 15) is 4.79 Å². The molecule has 1 aromatic rings. The Hall–Kier alpha value is -1.20. The number of amides is 1. The summed E-state index contributed by atoms with van der Waals surface area (Å²) in [6.07, 6.45) is 1.61. The first-order chi connectivity index (χ1) is 11.5. The quantitative estimate of drug-likeness (QED) is 0.755. The molecule has 2 N–H and O–H groups in total. The van der Waals surface area contributed by atoms with Gasteiger partial charge in [0.2, 0.25) is 5.91 Å². The van der Waals surface area contributed by atoms with Crippen molar-refractivity contribution in [1.82, 2.24) is 10.6 Å². The molecular formula is C19H30N2O2S. The summed E-state index contributed by atoms with van der Waals surface area (Å²) in [6.45, 7) is 8.15. The summed E-state index contributed by atoms with van der Waals surface area (Å²) in [5, 5.41) is 6.49. The number of carbonyl (C=O) groups excluding carboxylic acids is 1. The van der Waals surface area contributed by atoms with Crippen molar-refractivity contribution < 1.29 is 9.53 Å². The van der Waals surface area contributed by atoms with Gasteiger partial charge in [-0.05, 0) is 37.0 Å². The fourth-order valence-corrected chi connectivity index (χ4v) is 3.57. The Morgan fingerprint density at radius 1 is 1.33 bits per heavy atom. The summed E-state index contributed by atoms with van der Waals surface area (Å²) in [5.74, 6) is 3.81. The molecule has 1 aromatic carbocycles. The summed E-state index contributed by atoms with van der Waals surface area (Å²) in [6, 6.07) is 8.34. The number of ether oxygens (including phenoxy) is 1. The van der Waals surface area contributed by atoms with Gasteiger partial charge in [0, 0.05) is 30.5 Å². The Bertz CT molecular complexity index is 499. The van der Waals surface area contributed by atoms with Crippen LogP contribution >= 0.6 is 11.8 Å². The van der Waals surface area contributed by atoms with E-state index in [0.717, 1.165) is 42.4 Å². The largest absolute Gasteiger partial charge is 0.494 e. The molecular weight excluding hydrogens is 320 g/mol. The fraction of sp³-hybridized carbons (Fsp3) is 0.632. The molecule has 1 saturated heterocycles. The topological polar surface area (TPSA) is 50.4 Å². The normalized spacial score (nSPS) is 19.1. The minimum atomic E-state index is 0.0125. The number of hydrogen-bond donors (Lipinski definition) is 2. The molecule has 2 atom stereocenters. The van der Waals surface area contributed by atoms with E-state index in [1.807, 2.05) is 43.0 Å². The Morgan fingerprint density at radius 2 is 2.08 bits per heavy atom. The predicted molar refractivity (Wildman–Crippen MR) is 102 cm³/mol. The van der Waals surface area contributed by atoms with Crippen molar-refractivity contribution in [3.63, 3.8) is 0 Å². The molecule has 0 saturated carbocycles. The summed E-state index contributed by atoms with van der Waals surface area (Å²) in [5.41, 5.74) is 1.10. The lowest BCUT2D eigenvalue weighted by atomic mass is 10.1. The Balaban J connectivity index is 1.76. The summed E-state index contributed by atoms with van der Waals surface area (Å²) >= 11 is 1.91. The molecule has 0 aliphatic carbocycles. The van der Waals surface area contributed by atoms with Gasteiger partial charge in [-0.15, -0.1) is 0 Å². The first-order valence-electron chi connectivity index (χ1n) is 8.88. The van der Waals surface area contributed by atoms with Gasteiger partial charge in [-0.2, -0.15) is 11.8 Å². The maximum Gasteiger partial charge on any atom is 0.222 e. The van der Waals surface area contributed by atoms with Gasteiger partial charge in [0.15, 0.2) is 0 Å². The maximum absolute atomic E-state index is 12.2. The first kappa shape index (κ1) is 19.1. The molecule has 24 heavy (non-hydrogen) atoms. The number of rotatable bonds is 8. The monoisotopic (exact) mass is 350 g/mol. The molecule has 2 rings (SSSR count). The van der Waals surface area contributed by atoms with Crippen LogP contribution in [0, 0.1) is 5.92 Å². The zero-order valence-electron chi connectivity index (χ0n) is 15.0. The van der Waals surface area contributed by atoms with Crippen molar-refractivity contribution in [3.05, 3.63) is 29.8 Å². The highest BCUT2D eigenvalue weighted by atomic mass is 32.2. The third kappa shape index (κ3) is 6.73. The Morgan fingerprint density at radius 3 is 2.71 bits per heavy atom. The van der Waals surface area contributed by atoms with E-state index in [0.29, 0.717) is 18.4 Å². The molecule has 1 amide bonds. The second-order valence-corrected chi connectivity index (χ2v) is 7.97. The smallest absolute Gasteiger partial charge is 0.222 e. The highest BCUT2D eigenvalue weighted by Crippen LogP contribution is 2.19.